The maximum atomic E-state index is 12.1. The van der Waals surface area contributed by atoms with Crippen molar-refractivity contribution in [2.75, 3.05) is 32.7 Å². The van der Waals surface area contributed by atoms with Crippen LogP contribution in [0.5, 0.6) is 0 Å². The molecule has 7 heteroatoms. The van der Waals surface area contributed by atoms with E-state index in [0.717, 1.165) is 55.6 Å². The number of aryl methyl sites for hydroxylation is 1. The van der Waals surface area contributed by atoms with Crippen molar-refractivity contribution in [1.82, 2.24) is 23.9 Å². The van der Waals surface area contributed by atoms with Crippen molar-refractivity contribution in [2.24, 2.45) is 0 Å². The number of aromatic nitrogens is 3. The molecule has 0 atom stereocenters. The third-order valence-corrected chi connectivity index (χ3v) is 7.97. The lowest BCUT2D eigenvalue weighted by molar-refractivity contribution is 0.0684. The molecule has 1 aliphatic heterocycles. The van der Waals surface area contributed by atoms with Gasteiger partial charge < -0.3 is 19.1 Å². The minimum Gasteiger partial charge on any atom is -0.477 e. The van der Waals surface area contributed by atoms with Gasteiger partial charge in [0.25, 0.3) is 0 Å². The van der Waals surface area contributed by atoms with Crippen molar-refractivity contribution in [2.45, 2.75) is 25.6 Å². The zero-order valence-electron chi connectivity index (χ0n) is 22.6. The Morgan fingerprint density at radius 3 is 2.17 bits per heavy atom. The lowest BCUT2D eigenvalue weighted by atomic mass is 9.96. The van der Waals surface area contributed by atoms with Crippen LogP contribution in [-0.2, 0) is 13.1 Å². The summed E-state index contributed by atoms with van der Waals surface area (Å²) in [5.41, 5.74) is 5.12. The number of carboxylic acid groups (broad SMARTS) is 1. The van der Waals surface area contributed by atoms with Gasteiger partial charge in [0.05, 0.1) is 12.4 Å². The van der Waals surface area contributed by atoms with E-state index in [9.17, 15) is 9.90 Å². The molecule has 204 valence electrons. The Morgan fingerprint density at radius 2 is 1.55 bits per heavy atom. The highest BCUT2D eigenvalue weighted by Gasteiger charge is 2.26. The Kier molecular flexibility index (Phi) is 7.75. The summed E-state index contributed by atoms with van der Waals surface area (Å²) in [5.74, 6) is -0.881. The zero-order valence-corrected chi connectivity index (χ0v) is 22.6. The van der Waals surface area contributed by atoms with Crippen LogP contribution in [0.2, 0.25) is 0 Å². The quantitative estimate of drug-likeness (QED) is 0.261. The molecule has 3 heterocycles. The van der Waals surface area contributed by atoms with E-state index in [2.05, 4.69) is 93.6 Å². The monoisotopic (exact) mass is 533 g/mol. The highest BCUT2D eigenvalue weighted by Crippen LogP contribution is 2.29. The number of rotatable bonds is 10. The van der Waals surface area contributed by atoms with Gasteiger partial charge in [-0.1, -0.05) is 66.7 Å². The summed E-state index contributed by atoms with van der Waals surface area (Å²) in [7, 11) is 0. The normalized spacial score (nSPS) is 14.7. The number of carbonyl (C=O) groups is 1. The largest absolute Gasteiger partial charge is 0.477 e. The SMILES string of the molecule is O=C(O)c1cc2cc(Cn3ccnc3)ccc2n1CCCN1CCN(C(c2ccccc2)c2ccccc2)CC1. The van der Waals surface area contributed by atoms with E-state index in [1.54, 1.807) is 18.6 Å². The predicted octanol–water partition coefficient (Wildman–Crippen LogP) is 5.38. The predicted molar refractivity (Wildman–Crippen MR) is 158 cm³/mol. The number of fused-ring (bicyclic) bond motifs is 1. The fourth-order valence-corrected chi connectivity index (χ4v) is 6.01. The van der Waals surface area contributed by atoms with Crippen molar-refractivity contribution in [3.8, 4) is 0 Å². The molecule has 5 aromatic rings. The van der Waals surface area contributed by atoms with Gasteiger partial charge in [0.2, 0.25) is 0 Å². The number of piperazine rings is 1. The number of carboxylic acids is 1. The van der Waals surface area contributed by atoms with Crippen LogP contribution in [0.3, 0.4) is 0 Å². The first kappa shape index (κ1) is 26.0. The Hall–Kier alpha value is -4.20. The molecule has 1 fully saturated rings. The standard InChI is InChI=1S/C33H35N5O2/c39-33(40)31-23-29-22-26(24-36-17-14-34-25-36)12-13-30(29)38(31)16-7-15-35-18-20-37(21-19-35)32(27-8-3-1-4-9-27)28-10-5-2-6-11-28/h1-6,8-14,17,22-23,25,32H,7,15-16,18-21,24H2,(H,39,40). The summed E-state index contributed by atoms with van der Waals surface area (Å²) in [5, 5.41) is 10.9. The van der Waals surface area contributed by atoms with Crippen LogP contribution in [0.25, 0.3) is 10.9 Å². The molecule has 1 aliphatic rings. The van der Waals surface area contributed by atoms with Crippen LogP contribution < -0.4 is 0 Å². The Morgan fingerprint density at radius 1 is 0.850 bits per heavy atom. The summed E-state index contributed by atoms with van der Waals surface area (Å²) in [4.78, 5) is 21.3. The van der Waals surface area contributed by atoms with Gasteiger partial charge in [0.15, 0.2) is 0 Å². The van der Waals surface area contributed by atoms with Gasteiger partial charge in [-0.05, 0) is 47.9 Å². The average molecular weight is 534 g/mol. The van der Waals surface area contributed by atoms with Gasteiger partial charge in [-0.15, -0.1) is 0 Å². The Bertz CT molecular complexity index is 1500. The third kappa shape index (κ3) is 5.71. The first-order valence-corrected chi connectivity index (χ1v) is 14.0. The highest BCUT2D eigenvalue weighted by atomic mass is 16.4. The molecular formula is C33H35N5O2. The molecule has 0 bridgehead atoms. The number of hydrogen-bond acceptors (Lipinski definition) is 4. The molecule has 1 saturated heterocycles. The van der Waals surface area contributed by atoms with E-state index in [-0.39, 0.29) is 6.04 Å². The third-order valence-electron chi connectivity index (χ3n) is 7.97. The highest BCUT2D eigenvalue weighted by molar-refractivity contribution is 5.94. The van der Waals surface area contributed by atoms with Crippen molar-refractivity contribution in [1.29, 1.82) is 0 Å². The minimum absolute atomic E-state index is 0.257. The van der Waals surface area contributed by atoms with E-state index >= 15 is 0 Å². The topological polar surface area (TPSA) is 66.5 Å². The Balaban J connectivity index is 1.09. The van der Waals surface area contributed by atoms with Crippen LogP contribution in [-0.4, -0.2) is 67.7 Å². The number of nitrogens with zero attached hydrogens (tertiary/aromatic N) is 5. The zero-order chi connectivity index (χ0) is 27.3. The maximum absolute atomic E-state index is 12.1. The van der Waals surface area contributed by atoms with Crippen LogP contribution in [0.4, 0.5) is 0 Å². The number of imidazole rings is 1. The molecule has 7 nitrogen and oxygen atoms in total. The maximum Gasteiger partial charge on any atom is 0.352 e. The van der Waals surface area contributed by atoms with Crippen molar-refractivity contribution >= 4 is 16.9 Å². The molecule has 2 aromatic heterocycles. The van der Waals surface area contributed by atoms with Gasteiger partial charge in [-0.2, -0.15) is 0 Å². The van der Waals surface area contributed by atoms with E-state index in [4.69, 9.17) is 0 Å². The fourth-order valence-electron chi connectivity index (χ4n) is 6.01. The smallest absolute Gasteiger partial charge is 0.352 e. The summed E-state index contributed by atoms with van der Waals surface area (Å²) in [6.45, 7) is 6.36. The molecule has 1 N–H and O–H groups in total. The van der Waals surface area contributed by atoms with Gasteiger partial charge in [-0.25, -0.2) is 9.78 Å². The Labute approximate surface area is 234 Å². The summed E-state index contributed by atoms with van der Waals surface area (Å²) >= 11 is 0. The second-order valence-electron chi connectivity index (χ2n) is 10.6. The van der Waals surface area contributed by atoms with Crippen molar-refractivity contribution in [3.05, 3.63) is 126 Å². The molecule has 0 amide bonds. The second kappa shape index (κ2) is 11.9. The number of aromatic carboxylic acids is 1. The van der Waals surface area contributed by atoms with Gasteiger partial charge >= 0.3 is 5.97 Å². The van der Waals surface area contributed by atoms with E-state index < -0.39 is 5.97 Å². The summed E-state index contributed by atoms with van der Waals surface area (Å²) < 4.78 is 3.98. The van der Waals surface area contributed by atoms with Crippen LogP contribution in [0.1, 0.15) is 39.6 Å². The molecule has 0 saturated carbocycles. The average Bonchev–Trinajstić information content (AvgIpc) is 3.63. The molecular weight excluding hydrogens is 498 g/mol. The molecule has 0 radical (unpaired) electrons. The van der Waals surface area contributed by atoms with E-state index in [1.165, 1.54) is 11.1 Å². The lowest BCUT2D eigenvalue weighted by Gasteiger charge is -2.40. The molecule has 0 unspecified atom stereocenters. The number of benzene rings is 3. The summed E-state index contributed by atoms with van der Waals surface area (Å²) in [6, 6.07) is 29.9. The van der Waals surface area contributed by atoms with Gasteiger partial charge in [0, 0.05) is 62.6 Å². The molecule has 3 aromatic carbocycles. The molecule has 40 heavy (non-hydrogen) atoms. The first-order valence-electron chi connectivity index (χ1n) is 14.0. The van der Waals surface area contributed by atoms with Crippen molar-refractivity contribution in [3.63, 3.8) is 0 Å². The number of hydrogen-bond donors (Lipinski definition) is 1. The summed E-state index contributed by atoms with van der Waals surface area (Å²) in [6.07, 6.45) is 6.40. The van der Waals surface area contributed by atoms with E-state index in [0.29, 0.717) is 18.8 Å². The van der Waals surface area contributed by atoms with Crippen LogP contribution in [0.15, 0.2) is 104 Å². The van der Waals surface area contributed by atoms with Crippen LogP contribution >= 0.6 is 0 Å². The van der Waals surface area contributed by atoms with Gasteiger partial charge in [0.1, 0.15) is 5.69 Å². The molecule has 0 spiro atoms. The first-order chi connectivity index (χ1) is 19.7. The lowest BCUT2D eigenvalue weighted by Crippen LogP contribution is -2.48. The second-order valence-corrected chi connectivity index (χ2v) is 10.6. The molecule has 6 rings (SSSR count). The van der Waals surface area contributed by atoms with Crippen LogP contribution in [0, 0.1) is 0 Å². The fraction of sp³-hybridized carbons (Fsp3) is 0.273. The minimum atomic E-state index is -0.881. The van der Waals surface area contributed by atoms with Gasteiger partial charge in [-0.3, -0.25) is 4.90 Å². The molecule has 0 aliphatic carbocycles. The van der Waals surface area contributed by atoms with E-state index in [1.807, 2.05) is 15.3 Å². The van der Waals surface area contributed by atoms with Crippen molar-refractivity contribution < 1.29 is 9.90 Å².